The minimum Gasteiger partial charge on any atom is -0.469 e. The molecule has 18 atom stereocenters. The molecule has 9 rings (SSSR count). The Morgan fingerprint density at radius 3 is 0.899 bits per heavy atom. The van der Waals surface area contributed by atoms with E-state index in [0.29, 0.717) is 99.5 Å². The van der Waals surface area contributed by atoms with Gasteiger partial charge in [-0.1, -0.05) is 234 Å². The summed E-state index contributed by atoms with van der Waals surface area (Å²) in [4.78, 5) is 103. The summed E-state index contributed by atoms with van der Waals surface area (Å²) in [5, 5.41) is 0. The normalized spacial score (nSPS) is 28.1. The van der Waals surface area contributed by atoms with Crippen LogP contribution in [0, 0.1) is 107 Å². The lowest BCUT2D eigenvalue weighted by Crippen LogP contribution is -2.27. The van der Waals surface area contributed by atoms with E-state index in [1.54, 1.807) is 12.2 Å². The van der Waals surface area contributed by atoms with E-state index in [1.807, 2.05) is 60.6 Å². The third-order valence-corrected chi connectivity index (χ3v) is 24.8. The maximum absolute atomic E-state index is 11.7. The van der Waals surface area contributed by atoms with Gasteiger partial charge in [-0.3, -0.25) is 43.2 Å². The predicted molar refractivity (Wildman–Crippen MR) is 480 cm³/mol. The number of hydrogen-bond donors (Lipinski definition) is 0. The molecule has 0 aromatic rings. The second-order valence-electron chi connectivity index (χ2n) is 37.1. The summed E-state index contributed by atoms with van der Waals surface area (Å²) in [6.07, 6.45) is 48.5. The molecule has 0 aromatic heterocycles. The number of esters is 9. The average Bonchev–Trinajstić information content (AvgIpc) is 0.883. The highest BCUT2D eigenvalue weighted by molar-refractivity contribution is 5.76. The SMILES string of the molecule is C/C=C/COC(=O)C1CCCCC1C.C=C(C)CCOC(=O)C1CCCCC1C.C=C(C)COC(=O)C1CCCC(C)C1.C=C(C)COC(=O)C1CCCCC1C.C=CCOC(=O)C1CCCC(C)C1.C=CCOC(=O)C1CCCCC1C.CC1CCCC(C(=O)OC(C)C)C1.CCOC(=O)C1CCCC(C)C1.COC(=O)C1CCCC(C)C1. The number of hydrogen-bond acceptors (Lipinski definition) is 18. The average molecular weight is 1670 g/mol. The van der Waals surface area contributed by atoms with Gasteiger partial charge in [0.25, 0.3) is 0 Å². The molecule has 684 valence electrons. The number of methoxy groups -OCH3 is 1. The molecule has 0 aliphatic heterocycles. The molecule has 0 heterocycles. The van der Waals surface area contributed by atoms with Crippen LogP contribution in [0.4, 0.5) is 0 Å². The smallest absolute Gasteiger partial charge is 0.309 e. The van der Waals surface area contributed by atoms with Crippen LogP contribution in [0.3, 0.4) is 0 Å². The highest BCUT2D eigenvalue weighted by Crippen LogP contribution is 2.37. The Balaban J connectivity index is 0.000000670. The molecular formula is C101H172O18. The fraction of sp³-hybridized carbons (Fsp3) is 0.792. The summed E-state index contributed by atoms with van der Waals surface area (Å²) in [6.45, 7) is 54.1. The number of carbonyl (C=O) groups excluding carboxylic acids is 9. The number of allylic oxidation sites excluding steroid dienone is 1. The van der Waals surface area contributed by atoms with Crippen molar-refractivity contribution in [1.29, 1.82) is 0 Å². The Kier molecular flexibility index (Phi) is 61.6. The maximum atomic E-state index is 11.7. The Morgan fingerprint density at radius 2 is 0.613 bits per heavy atom. The third-order valence-electron chi connectivity index (χ3n) is 24.8. The Labute approximate surface area is 724 Å². The van der Waals surface area contributed by atoms with Gasteiger partial charge < -0.3 is 42.6 Å². The van der Waals surface area contributed by atoms with Gasteiger partial charge in [0.05, 0.1) is 79.7 Å². The van der Waals surface area contributed by atoms with Crippen LogP contribution in [0.2, 0.25) is 0 Å². The van der Waals surface area contributed by atoms with Crippen LogP contribution in [0.5, 0.6) is 0 Å². The zero-order chi connectivity index (χ0) is 89.2. The molecule has 18 heteroatoms. The monoisotopic (exact) mass is 1670 g/mol. The lowest BCUT2D eigenvalue weighted by atomic mass is 9.80. The minimum absolute atomic E-state index is 0.00319. The van der Waals surface area contributed by atoms with Gasteiger partial charge in [-0.2, -0.15) is 0 Å². The molecular weight excluding hydrogens is 1500 g/mol. The largest absolute Gasteiger partial charge is 0.469 e. The second-order valence-corrected chi connectivity index (χ2v) is 37.1. The van der Waals surface area contributed by atoms with Crippen LogP contribution >= 0.6 is 0 Å². The molecule has 0 aromatic carbocycles. The van der Waals surface area contributed by atoms with Crippen molar-refractivity contribution in [2.24, 2.45) is 107 Å². The summed E-state index contributed by atoms with van der Waals surface area (Å²) < 4.78 is 45.7. The first kappa shape index (κ1) is 111. The Bertz CT molecular complexity index is 2950. The van der Waals surface area contributed by atoms with Gasteiger partial charge in [0, 0.05) is 6.42 Å². The van der Waals surface area contributed by atoms with Crippen molar-refractivity contribution >= 4 is 53.7 Å². The van der Waals surface area contributed by atoms with Crippen LogP contribution in [0.25, 0.3) is 0 Å². The van der Waals surface area contributed by atoms with Crippen molar-refractivity contribution in [2.45, 2.75) is 354 Å². The predicted octanol–water partition coefficient (Wildman–Crippen LogP) is 24.3. The zero-order valence-corrected chi connectivity index (χ0v) is 78.3. The number of carbonyl (C=O) groups is 9. The van der Waals surface area contributed by atoms with Crippen molar-refractivity contribution in [3.05, 3.63) is 73.9 Å². The fourth-order valence-electron chi connectivity index (χ4n) is 17.5. The first-order valence-corrected chi connectivity index (χ1v) is 46.8. The van der Waals surface area contributed by atoms with Gasteiger partial charge in [0.2, 0.25) is 0 Å². The molecule has 18 nitrogen and oxygen atoms in total. The number of ether oxygens (including phenoxy) is 9. The molecule has 9 aliphatic rings. The molecule has 0 N–H and O–H groups in total. The summed E-state index contributed by atoms with van der Waals surface area (Å²) in [6, 6.07) is 0. The number of rotatable bonds is 24. The van der Waals surface area contributed by atoms with E-state index >= 15 is 0 Å². The first-order chi connectivity index (χ1) is 56.6. The van der Waals surface area contributed by atoms with Crippen LogP contribution in [-0.2, 0) is 85.8 Å². The van der Waals surface area contributed by atoms with Gasteiger partial charge in [-0.05, 0) is 228 Å². The molecule has 9 saturated carbocycles. The van der Waals surface area contributed by atoms with Crippen molar-refractivity contribution in [3.8, 4) is 0 Å². The highest BCUT2D eigenvalue weighted by atomic mass is 16.6. The molecule has 9 fully saturated rings. The van der Waals surface area contributed by atoms with Crippen molar-refractivity contribution in [2.75, 3.05) is 53.4 Å². The minimum atomic E-state index is -0.0357. The Morgan fingerprint density at radius 1 is 0.336 bits per heavy atom. The van der Waals surface area contributed by atoms with Crippen LogP contribution < -0.4 is 0 Å². The van der Waals surface area contributed by atoms with Crippen LogP contribution in [0.15, 0.2) is 73.9 Å². The lowest BCUT2D eigenvalue weighted by molar-refractivity contribution is -0.154. The van der Waals surface area contributed by atoms with Crippen molar-refractivity contribution in [1.82, 2.24) is 0 Å². The van der Waals surface area contributed by atoms with E-state index in [9.17, 15) is 43.2 Å². The summed E-state index contributed by atoms with van der Waals surface area (Å²) in [7, 11) is 1.47. The highest BCUT2D eigenvalue weighted by Gasteiger charge is 2.35. The molecule has 0 radical (unpaired) electrons. The van der Waals surface area contributed by atoms with Gasteiger partial charge in [0.1, 0.15) is 33.0 Å². The fourth-order valence-corrected chi connectivity index (χ4v) is 17.5. The summed E-state index contributed by atoms with van der Waals surface area (Å²) in [5.74, 6) is 6.69. The van der Waals surface area contributed by atoms with Gasteiger partial charge >= 0.3 is 53.7 Å². The molecule has 0 spiro atoms. The molecule has 9 aliphatic carbocycles. The van der Waals surface area contributed by atoms with E-state index in [-0.39, 0.29) is 113 Å². The van der Waals surface area contributed by atoms with Crippen molar-refractivity contribution in [3.63, 3.8) is 0 Å². The third kappa shape index (κ3) is 51.4. The van der Waals surface area contributed by atoms with E-state index in [4.69, 9.17) is 42.6 Å². The van der Waals surface area contributed by atoms with Crippen LogP contribution in [-0.4, -0.2) is 113 Å². The summed E-state index contributed by atoms with van der Waals surface area (Å²) in [5.41, 5.74) is 2.88. The molecule has 18 unspecified atom stereocenters. The molecule has 0 saturated heterocycles. The van der Waals surface area contributed by atoms with E-state index in [2.05, 4.69) is 95.2 Å². The van der Waals surface area contributed by atoms with Gasteiger partial charge in [-0.15, -0.1) is 6.58 Å². The van der Waals surface area contributed by atoms with Gasteiger partial charge in [0.15, 0.2) is 0 Å². The topological polar surface area (TPSA) is 237 Å². The van der Waals surface area contributed by atoms with E-state index in [0.717, 1.165) is 152 Å². The lowest BCUT2D eigenvalue weighted by Gasteiger charge is -2.26. The van der Waals surface area contributed by atoms with Crippen molar-refractivity contribution < 1.29 is 85.8 Å². The standard InChI is InChI=1S/C13H22O2.3C12H20O2.C11H20O2.2C11H18O2.C10H18O2.C9H16O2/c1-10(2)8-9-15-13(14)12-7-5-4-6-11(12)3;1-9(2)8-14-12(13)11-6-4-5-10(3)7-11;1-9(2)8-14-12(13)11-7-5-4-6-10(11)3;1-3-4-9-14-12(13)11-8-6-5-7-10(11)2;1-8(2)13-11(12)10-6-4-5-9(3)7-10;1-3-8-13-11(12)10-7-5-4-6-9(10)2;1-3-7-13-11(12)10-6-4-5-9(2)8-10;1-3-12-10(11)9-6-4-5-8(2)7-9;1-7-4-3-5-8(6-7)9(10)11-2/h11-12H,1,4-9H2,2-3H3;2*10-11H,1,4-8H2,2-3H3;3-4,10-11H,5-9H2,1-2H3;8-10H,4-7H2,1-3H3;2*3,9-10H,1,4-8H2,2H3;8-9H,3-7H2,1-2H3;7-8H,3-6H2,1-2H3/b;;;4-3+;;;;;. The van der Waals surface area contributed by atoms with E-state index in [1.165, 1.54) is 110 Å². The second kappa shape index (κ2) is 66.3. The quantitative estimate of drug-likeness (QED) is 0.0496. The van der Waals surface area contributed by atoms with E-state index < -0.39 is 0 Å². The summed E-state index contributed by atoms with van der Waals surface area (Å²) >= 11 is 0. The molecule has 119 heavy (non-hydrogen) atoms. The zero-order valence-electron chi connectivity index (χ0n) is 78.3. The molecule has 0 bridgehead atoms. The van der Waals surface area contributed by atoms with Crippen LogP contribution in [0.1, 0.15) is 348 Å². The molecule has 0 amide bonds. The maximum Gasteiger partial charge on any atom is 0.309 e. The Hall–Kier alpha value is -6.33. The first-order valence-electron chi connectivity index (χ1n) is 46.8. The van der Waals surface area contributed by atoms with Gasteiger partial charge in [-0.25, -0.2) is 0 Å².